The maximum atomic E-state index is 12.7. The predicted molar refractivity (Wildman–Crippen MR) is 118 cm³/mol. The average Bonchev–Trinajstić information content (AvgIpc) is 2.97. The average molecular weight is 426 g/mol. The van der Waals surface area contributed by atoms with E-state index in [-0.39, 0.29) is 17.6 Å². The Morgan fingerprint density at radius 2 is 1.90 bits per heavy atom. The summed E-state index contributed by atoms with van der Waals surface area (Å²) in [6.07, 6.45) is 1.71. The molecule has 1 fully saturated rings. The third-order valence-corrected chi connectivity index (χ3v) is 5.27. The predicted octanol–water partition coefficient (Wildman–Crippen LogP) is 4.41. The molecule has 1 amide bonds. The number of aliphatic imine (C=N–C) groups is 1. The fourth-order valence-electron chi connectivity index (χ4n) is 2.75. The summed E-state index contributed by atoms with van der Waals surface area (Å²) >= 11 is 1.24. The number of amidine groups is 1. The molecular formula is C22H22N2O5S. The van der Waals surface area contributed by atoms with Crippen molar-refractivity contribution >= 4 is 40.6 Å². The van der Waals surface area contributed by atoms with Crippen molar-refractivity contribution in [3.63, 3.8) is 0 Å². The molecule has 0 saturated carbocycles. The van der Waals surface area contributed by atoms with E-state index in [1.165, 1.54) is 28.8 Å². The molecule has 0 spiro atoms. The van der Waals surface area contributed by atoms with Gasteiger partial charge in [0.15, 0.2) is 16.7 Å². The number of hydrogen-bond donors (Lipinski definition) is 1. The number of amides is 1. The molecule has 8 heteroatoms. The third kappa shape index (κ3) is 4.65. The highest BCUT2D eigenvalue weighted by Crippen LogP contribution is 2.38. The zero-order valence-electron chi connectivity index (χ0n) is 17.1. The molecular weight excluding hydrogens is 404 g/mol. The molecule has 0 aromatic heterocycles. The Kier molecular flexibility index (Phi) is 6.47. The lowest BCUT2D eigenvalue weighted by Crippen LogP contribution is -2.23. The summed E-state index contributed by atoms with van der Waals surface area (Å²) in [6.45, 7) is 3.85. The Labute approximate surface area is 179 Å². The summed E-state index contributed by atoms with van der Waals surface area (Å²) in [6, 6.07) is 11.7. The maximum Gasteiger partial charge on any atom is 0.335 e. The molecule has 1 N–H and O–H groups in total. The molecule has 0 bridgehead atoms. The van der Waals surface area contributed by atoms with Crippen molar-refractivity contribution in [3.8, 4) is 11.5 Å². The molecule has 7 nitrogen and oxygen atoms in total. The molecule has 0 atom stereocenters. The van der Waals surface area contributed by atoms with Crippen molar-refractivity contribution in [1.82, 2.24) is 4.90 Å². The lowest BCUT2D eigenvalue weighted by molar-refractivity contribution is -0.121. The number of aromatic carboxylic acids is 1. The molecule has 0 radical (unpaired) electrons. The van der Waals surface area contributed by atoms with Gasteiger partial charge in [-0.15, -0.1) is 0 Å². The SMILES string of the molecule is COc1cccc(/C=C2\SC(=Nc3ccc(C(=O)O)cc3)N(C)C2=O)c1OC(C)C. The van der Waals surface area contributed by atoms with E-state index >= 15 is 0 Å². The zero-order valence-corrected chi connectivity index (χ0v) is 17.9. The number of nitrogens with zero attached hydrogens (tertiary/aromatic N) is 2. The number of rotatable bonds is 6. The first-order chi connectivity index (χ1) is 14.3. The van der Waals surface area contributed by atoms with Gasteiger partial charge in [-0.2, -0.15) is 0 Å². The van der Waals surface area contributed by atoms with Crippen LogP contribution in [0.3, 0.4) is 0 Å². The van der Waals surface area contributed by atoms with Gasteiger partial charge in [-0.25, -0.2) is 9.79 Å². The minimum Gasteiger partial charge on any atom is -0.493 e. The standard InChI is InChI=1S/C22H22N2O5S/c1-13(2)29-19-15(6-5-7-17(19)28-4)12-18-20(25)24(3)22(30-18)23-16-10-8-14(9-11-16)21(26)27/h5-13H,1-4H3,(H,26,27)/b18-12-,23-22?. The number of ether oxygens (including phenoxy) is 2. The van der Waals surface area contributed by atoms with Crippen molar-refractivity contribution in [2.75, 3.05) is 14.2 Å². The van der Waals surface area contributed by atoms with Crippen molar-refractivity contribution in [2.45, 2.75) is 20.0 Å². The van der Waals surface area contributed by atoms with Crippen LogP contribution in [0.1, 0.15) is 29.8 Å². The number of para-hydroxylation sites is 1. The highest BCUT2D eigenvalue weighted by atomic mass is 32.2. The van der Waals surface area contributed by atoms with Gasteiger partial charge in [0.2, 0.25) is 0 Å². The van der Waals surface area contributed by atoms with Crippen molar-refractivity contribution in [3.05, 3.63) is 58.5 Å². The molecule has 2 aromatic rings. The Balaban J connectivity index is 1.93. The lowest BCUT2D eigenvalue weighted by Gasteiger charge is -2.16. The zero-order chi connectivity index (χ0) is 21.8. The first-order valence-electron chi connectivity index (χ1n) is 9.23. The van der Waals surface area contributed by atoms with Crippen LogP contribution < -0.4 is 9.47 Å². The van der Waals surface area contributed by atoms with E-state index in [2.05, 4.69) is 4.99 Å². The van der Waals surface area contributed by atoms with E-state index in [9.17, 15) is 9.59 Å². The summed E-state index contributed by atoms with van der Waals surface area (Å²) in [7, 11) is 3.22. The molecule has 0 unspecified atom stereocenters. The van der Waals surface area contributed by atoms with Gasteiger partial charge >= 0.3 is 5.97 Å². The van der Waals surface area contributed by atoms with Gasteiger partial charge < -0.3 is 14.6 Å². The number of benzene rings is 2. The molecule has 1 heterocycles. The Bertz CT molecular complexity index is 1030. The van der Waals surface area contributed by atoms with E-state index in [1.807, 2.05) is 32.0 Å². The van der Waals surface area contributed by atoms with Crippen LogP contribution in [0.5, 0.6) is 11.5 Å². The topological polar surface area (TPSA) is 88.4 Å². The van der Waals surface area contributed by atoms with Crippen LogP contribution in [-0.4, -0.2) is 47.3 Å². The van der Waals surface area contributed by atoms with Gasteiger partial charge in [-0.3, -0.25) is 9.69 Å². The molecule has 156 valence electrons. The Morgan fingerprint density at radius 3 is 2.50 bits per heavy atom. The van der Waals surface area contributed by atoms with Crippen LogP contribution in [0.15, 0.2) is 52.4 Å². The molecule has 1 aliphatic heterocycles. The third-order valence-electron chi connectivity index (χ3n) is 4.21. The summed E-state index contributed by atoms with van der Waals surface area (Å²) in [4.78, 5) is 30.2. The second kappa shape index (κ2) is 9.04. The minimum atomic E-state index is -1.00. The van der Waals surface area contributed by atoms with Crippen LogP contribution in [0.25, 0.3) is 6.08 Å². The second-order valence-electron chi connectivity index (χ2n) is 6.77. The van der Waals surface area contributed by atoms with Gasteiger partial charge in [0.25, 0.3) is 5.91 Å². The van der Waals surface area contributed by atoms with Crippen LogP contribution in [-0.2, 0) is 4.79 Å². The van der Waals surface area contributed by atoms with Crippen molar-refractivity contribution in [2.24, 2.45) is 4.99 Å². The highest BCUT2D eigenvalue weighted by molar-refractivity contribution is 8.18. The minimum absolute atomic E-state index is 0.0565. The van der Waals surface area contributed by atoms with Crippen LogP contribution >= 0.6 is 11.8 Å². The van der Waals surface area contributed by atoms with Crippen molar-refractivity contribution in [1.29, 1.82) is 0 Å². The van der Waals surface area contributed by atoms with Crippen LogP contribution in [0.4, 0.5) is 5.69 Å². The van der Waals surface area contributed by atoms with Gasteiger partial charge in [0, 0.05) is 12.6 Å². The first-order valence-corrected chi connectivity index (χ1v) is 10.0. The molecule has 3 rings (SSSR count). The second-order valence-corrected chi connectivity index (χ2v) is 7.78. The summed E-state index contributed by atoms with van der Waals surface area (Å²) in [5.41, 5.74) is 1.48. The van der Waals surface area contributed by atoms with E-state index in [0.717, 1.165) is 5.56 Å². The number of carbonyl (C=O) groups is 2. The summed E-state index contributed by atoms with van der Waals surface area (Å²) in [5.74, 6) is -0.0126. The number of carboxylic acid groups (broad SMARTS) is 1. The normalized spacial score (nSPS) is 16.6. The van der Waals surface area contributed by atoms with Gasteiger partial charge in [0.05, 0.1) is 29.4 Å². The molecule has 2 aromatic carbocycles. The largest absolute Gasteiger partial charge is 0.493 e. The Hall–Kier alpha value is -3.26. The molecule has 0 aliphatic carbocycles. The van der Waals surface area contributed by atoms with Crippen LogP contribution in [0.2, 0.25) is 0 Å². The fraction of sp³-hybridized carbons (Fsp3) is 0.227. The van der Waals surface area contributed by atoms with Gasteiger partial charge in [0.1, 0.15) is 0 Å². The smallest absolute Gasteiger partial charge is 0.335 e. The molecule has 30 heavy (non-hydrogen) atoms. The number of thioether (sulfide) groups is 1. The number of carbonyl (C=O) groups excluding carboxylic acids is 1. The number of methoxy groups -OCH3 is 1. The van der Waals surface area contributed by atoms with E-state index < -0.39 is 5.97 Å². The van der Waals surface area contributed by atoms with Crippen LogP contribution in [0, 0.1) is 0 Å². The molecule has 1 aliphatic rings. The van der Waals surface area contributed by atoms with E-state index in [1.54, 1.807) is 32.4 Å². The quantitative estimate of drug-likeness (QED) is 0.688. The fourth-order valence-corrected chi connectivity index (χ4v) is 3.73. The maximum absolute atomic E-state index is 12.7. The van der Waals surface area contributed by atoms with E-state index in [4.69, 9.17) is 14.6 Å². The highest BCUT2D eigenvalue weighted by Gasteiger charge is 2.31. The molecule has 1 saturated heterocycles. The lowest BCUT2D eigenvalue weighted by atomic mass is 10.1. The first kappa shape index (κ1) is 21.4. The van der Waals surface area contributed by atoms with Gasteiger partial charge in [-0.1, -0.05) is 12.1 Å². The Morgan fingerprint density at radius 1 is 1.20 bits per heavy atom. The van der Waals surface area contributed by atoms with Crippen molar-refractivity contribution < 1.29 is 24.2 Å². The summed E-state index contributed by atoms with van der Waals surface area (Å²) < 4.78 is 11.3. The summed E-state index contributed by atoms with van der Waals surface area (Å²) in [5, 5.41) is 9.51. The monoisotopic (exact) mass is 426 g/mol. The van der Waals surface area contributed by atoms with Gasteiger partial charge in [-0.05, 0) is 62.0 Å². The number of likely N-dealkylation sites (N-methyl/N-ethyl adjacent to an activating group) is 1. The number of hydrogen-bond acceptors (Lipinski definition) is 6. The van der Waals surface area contributed by atoms with E-state index in [0.29, 0.717) is 27.3 Å². The number of carboxylic acids is 1.